The molecule has 1 aliphatic rings. The molecule has 0 spiro atoms. The van der Waals surface area contributed by atoms with Gasteiger partial charge in [-0.3, -0.25) is 4.79 Å². The quantitative estimate of drug-likeness (QED) is 0.662. The van der Waals surface area contributed by atoms with Crippen LogP contribution in [0.1, 0.15) is 52.9 Å². The summed E-state index contributed by atoms with van der Waals surface area (Å²) in [6.45, 7) is 6.41. The van der Waals surface area contributed by atoms with Gasteiger partial charge in [-0.05, 0) is 36.0 Å². The number of hydrogen-bond acceptors (Lipinski definition) is 1. The lowest BCUT2D eigenvalue weighted by Gasteiger charge is -2.03. The second-order valence-corrected chi connectivity index (χ2v) is 3.80. The van der Waals surface area contributed by atoms with Gasteiger partial charge in [-0.1, -0.05) is 33.3 Å². The molecule has 0 aromatic heterocycles. The highest BCUT2D eigenvalue weighted by atomic mass is 16.1. The van der Waals surface area contributed by atoms with Crippen molar-refractivity contribution in [2.75, 3.05) is 0 Å². The fourth-order valence-corrected chi connectivity index (χ4v) is 2.17. The van der Waals surface area contributed by atoms with Crippen LogP contribution in [0.2, 0.25) is 0 Å². The largest absolute Gasteiger partial charge is 0.294 e. The Labute approximate surface area is 86.9 Å². The van der Waals surface area contributed by atoms with Crippen molar-refractivity contribution in [1.29, 1.82) is 0 Å². The van der Waals surface area contributed by atoms with E-state index in [-0.39, 0.29) is 0 Å². The number of carbonyl (C=O) groups is 1. The van der Waals surface area contributed by atoms with Crippen LogP contribution in [-0.2, 0) is 4.79 Å². The van der Waals surface area contributed by atoms with E-state index in [1.54, 1.807) is 0 Å². The highest BCUT2D eigenvalue weighted by Crippen LogP contribution is 2.33. The molecule has 0 saturated heterocycles. The SMILES string of the molecule is CC/C=C1\CC(=O)C(CCC)=C1CC. The maximum absolute atomic E-state index is 11.7. The first-order chi connectivity index (χ1) is 6.74. The van der Waals surface area contributed by atoms with Crippen LogP contribution >= 0.6 is 0 Å². The van der Waals surface area contributed by atoms with Gasteiger partial charge in [0.25, 0.3) is 0 Å². The maximum Gasteiger partial charge on any atom is 0.163 e. The molecule has 0 saturated carbocycles. The molecule has 0 atom stereocenters. The number of carbonyl (C=O) groups excluding carboxylic acids is 1. The highest BCUT2D eigenvalue weighted by molar-refractivity contribution is 6.02. The molecule has 0 bridgehead atoms. The third-order valence-electron chi connectivity index (χ3n) is 2.74. The number of hydrogen-bond donors (Lipinski definition) is 0. The van der Waals surface area contributed by atoms with E-state index in [1.165, 1.54) is 11.1 Å². The molecule has 0 amide bonds. The first kappa shape index (κ1) is 11.2. The number of Topliss-reactive ketones (excluding diaryl/α,β-unsaturated/α-hetero) is 1. The second kappa shape index (κ2) is 5.14. The summed E-state index contributed by atoms with van der Waals surface area (Å²) in [7, 11) is 0. The van der Waals surface area contributed by atoms with Crippen LogP contribution in [0.25, 0.3) is 0 Å². The van der Waals surface area contributed by atoms with Gasteiger partial charge >= 0.3 is 0 Å². The van der Waals surface area contributed by atoms with Crippen LogP contribution in [0.4, 0.5) is 0 Å². The van der Waals surface area contributed by atoms with E-state index in [4.69, 9.17) is 0 Å². The van der Waals surface area contributed by atoms with Gasteiger partial charge in [0, 0.05) is 6.42 Å². The minimum absolute atomic E-state index is 0.364. The third kappa shape index (κ3) is 2.14. The predicted octanol–water partition coefficient (Wildman–Crippen LogP) is 3.80. The second-order valence-electron chi connectivity index (χ2n) is 3.80. The molecular formula is C13H20O. The Morgan fingerprint density at radius 3 is 2.43 bits per heavy atom. The zero-order valence-corrected chi connectivity index (χ0v) is 9.52. The van der Waals surface area contributed by atoms with Crippen LogP contribution in [-0.4, -0.2) is 5.78 Å². The molecule has 0 aliphatic heterocycles. The molecule has 14 heavy (non-hydrogen) atoms. The smallest absolute Gasteiger partial charge is 0.163 e. The lowest BCUT2D eigenvalue weighted by molar-refractivity contribution is -0.114. The molecular weight excluding hydrogens is 172 g/mol. The summed E-state index contributed by atoms with van der Waals surface area (Å²) in [6, 6.07) is 0. The third-order valence-corrected chi connectivity index (χ3v) is 2.74. The van der Waals surface area contributed by atoms with E-state index in [1.807, 2.05) is 0 Å². The van der Waals surface area contributed by atoms with Gasteiger partial charge in [0.15, 0.2) is 5.78 Å². The summed E-state index contributed by atoms with van der Waals surface area (Å²) in [6.07, 6.45) is 6.94. The van der Waals surface area contributed by atoms with Gasteiger partial charge < -0.3 is 0 Å². The molecule has 1 aliphatic carbocycles. The van der Waals surface area contributed by atoms with Crippen molar-refractivity contribution >= 4 is 5.78 Å². The van der Waals surface area contributed by atoms with Gasteiger partial charge in [0.2, 0.25) is 0 Å². The topological polar surface area (TPSA) is 17.1 Å². The number of ketones is 1. The zero-order chi connectivity index (χ0) is 10.6. The normalized spacial score (nSPS) is 19.9. The van der Waals surface area contributed by atoms with Crippen molar-refractivity contribution in [2.45, 2.75) is 52.9 Å². The molecule has 0 radical (unpaired) electrons. The standard InChI is InChI=1S/C13H20O/c1-4-7-10-9-13(14)12(8-5-2)11(10)6-3/h7H,4-6,8-9H2,1-3H3/b10-7+. The fraction of sp³-hybridized carbons (Fsp3) is 0.615. The number of rotatable bonds is 4. The first-order valence-corrected chi connectivity index (χ1v) is 5.69. The van der Waals surface area contributed by atoms with Crippen molar-refractivity contribution in [3.63, 3.8) is 0 Å². The lowest BCUT2D eigenvalue weighted by Crippen LogP contribution is -1.95. The van der Waals surface area contributed by atoms with Gasteiger partial charge in [-0.2, -0.15) is 0 Å². The fourth-order valence-electron chi connectivity index (χ4n) is 2.17. The molecule has 78 valence electrons. The molecule has 0 fully saturated rings. The molecule has 0 heterocycles. The molecule has 1 nitrogen and oxygen atoms in total. The minimum Gasteiger partial charge on any atom is -0.294 e. The van der Waals surface area contributed by atoms with Gasteiger partial charge in [-0.25, -0.2) is 0 Å². The van der Waals surface area contributed by atoms with E-state index in [2.05, 4.69) is 26.8 Å². The van der Waals surface area contributed by atoms with Crippen molar-refractivity contribution in [3.05, 3.63) is 22.8 Å². The van der Waals surface area contributed by atoms with Gasteiger partial charge in [0.1, 0.15) is 0 Å². The van der Waals surface area contributed by atoms with Crippen LogP contribution in [0.5, 0.6) is 0 Å². The Morgan fingerprint density at radius 1 is 1.21 bits per heavy atom. The molecule has 0 aromatic carbocycles. The molecule has 1 heteroatoms. The maximum atomic E-state index is 11.7. The van der Waals surface area contributed by atoms with Crippen molar-refractivity contribution in [2.24, 2.45) is 0 Å². The zero-order valence-electron chi connectivity index (χ0n) is 9.52. The Hall–Kier alpha value is -0.850. The van der Waals surface area contributed by atoms with Gasteiger partial charge in [0.05, 0.1) is 0 Å². The van der Waals surface area contributed by atoms with Crippen LogP contribution in [0, 0.1) is 0 Å². The van der Waals surface area contributed by atoms with E-state index >= 15 is 0 Å². The Kier molecular flexibility index (Phi) is 4.12. The summed E-state index contributed by atoms with van der Waals surface area (Å²) in [4.78, 5) is 11.7. The summed E-state index contributed by atoms with van der Waals surface area (Å²) in [5.74, 6) is 0.364. The monoisotopic (exact) mass is 192 g/mol. The summed E-state index contributed by atoms with van der Waals surface area (Å²) < 4.78 is 0. The summed E-state index contributed by atoms with van der Waals surface area (Å²) in [5, 5.41) is 0. The molecule has 1 rings (SSSR count). The summed E-state index contributed by atoms with van der Waals surface area (Å²) >= 11 is 0. The van der Waals surface area contributed by atoms with Crippen LogP contribution < -0.4 is 0 Å². The molecule has 0 N–H and O–H groups in total. The molecule has 0 unspecified atom stereocenters. The Balaban J connectivity index is 2.98. The van der Waals surface area contributed by atoms with E-state index < -0.39 is 0 Å². The Bertz CT molecular complexity index is 282. The van der Waals surface area contributed by atoms with Crippen LogP contribution in [0.3, 0.4) is 0 Å². The van der Waals surface area contributed by atoms with E-state index in [0.717, 1.165) is 31.3 Å². The van der Waals surface area contributed by atoms with E-state index in [0.29, 0.717) is 12.2 Å². The average Bonchev–Trinajstić information content (AvgIpc) is 2.44. The van der Waals surface area contributed by atoms with Crippen molar-refractivity contribution in [1.82, 2.24) is 0 Å². The van der Waals surface area contributed by atoms with Crippen molar-refractivity contribution < 1.29 is 4.79 Å². The van der Waals surface area contributed by atoms with Crippen LogP contribution in [0.15, 0.2) is 22.8 Å². The van der Waals surface area contributed by atoms with E-state index in [9.17, 15) is 4.79 Å². The highest BCUT2D eigenvalue weighted by Gasteiger charge is 2.24. The summed E-state index contributed by atoms with van der Waals surface area (Å²) in [5.41, 5.74) is 3.73. The predicted molar refractivity (Wildman–Crippen MR) is 60.2 cm³/mol. The van der Waals surface area contributed by atoms with Gasteiger partial charge in [-0.15, -0.1) is 0 Å². The molecule has 0 aromatic rings. The Morgan fingerprint density at radius 2 is 1.93 bits per heavy atom. The first-order valence-electron chi connectivity index (χ1n) is 5.69. The average molecular weight is 192 g/mol. The minimum atomic E-state index is 0.364. The lowest BCUT2D eigenvalue weighted by atomic mass is 10.0. The van der Waals surface area contributed by atoms with Crippen molar-refractivity contribution in [3.8, 4) is 0 Å². The number of allylic oxidation sites excluding steroid dienone is 4.